The summed E-state index contributed by atoms with van der Waals surface area (Å²) in [5, 5.41) is 4.96. The maximum Gasteiger partial charge on any atom is 0.157 e. The van der Waals surface area contributed by atoms with Gasteiger partial charge in [0, 0.05) is 17.3 Å². The first-order valence-corrected chi connectivity index (χ1v) is 8.61. The van der Waals surface area contributed by atoms with E-state index in [2.05, 4.69) is 26.1 Å². The molecule has 1 aliphatic carbocycles. The van der Waals surface area contributed by atoms with Gasteiger partial charge in [-0.1, -0.05) is 38.5 Å². The van der Waals surface area contributed by atoms with Crippen LogP contribution in [0, 0.1) is 5.92 Å². The molecular weight excluding hydrogens is 240 g/mol. The van der Waals surface area contributed by atoms with E-state index >= 15 is 0 Å². The standard InChI is InChI=1S/C15H28N2S/c1-4-5-6-13(3)16-14-17-15(11-18-14)9-7-12(2)8-10-15/h12-13H,4-11H2,1-3H3,(H,16,17). The van der Waals surface area contributed by atoms with Gasteiger partial charge in [-0.05, 0) is 44.9 Å². The van der Waals surface area contributed by atoms with E-state index in [-0.39, 0.29) is 0 Å². The van der Waals surface area contributed by atoms with Crippen molar-refractivity contribution in [1.82, 2.24) is 5.32 Å². The second-order valence-electron chi connectivity index (χ2n) is 6.30. The van der Waals surface area contributed by atoms with Crippen LogP contribution in [-0.4, -0.2) is 22.5 Å². The fraction of sp³-hybridized carbons (Fsp3) is 0.933. The third-order valence-corrected chi connectivity index (χ3v) is 5.58. The van der Waals surface area contributed by atoms with Crippen LogP contribution in [0.1, 0.15) is 65.7 Å². The van der Waals surface area contributed by atoms with Crippen LogP contribution in [0.25, 0.3) is 0 Å². The van der Waals surface area contributed by atoms with Gasteiger partial charge in [0.1, 0.15) is 0 Å². The van der Waals surface area contributed by atoms with Crippen molar-refractivity contribution < 1.29 is 0 Å². The van der Waals surface area contributed by atoms with Gasteiger partial charge in [0.15, 0.2) is 5.17 Å². The molecule has 0 aromatic rings. The summed E-state index contributed by atoms with van der Waals surface area (Å²) in [6, 6.07) is 0.484. The van der Waals surface area contributed by atoms with E-state index < -0.39 is 0 Å². The maximum absolute atomic E-state index is 4.85. The van der Waals surface area contributed by atoms with Gasteiger partial charge < -0.3 is 5.32 Å². The number of thioether (sulfide) groups is 1. The first kappa shape index (κ1) is 14.2. The number of nitrogens with one attached hydrogen (secondary N) is 1. The molecule has 0 aromatic heterocycles. The molecule has 2 aliphatic rings. The molecule has 1 unspecified atom stereocenters. The molecule has 0 aromatic carbocycles. The summed E-state index contributed by atoms with van der Waals surface area (Å²) in [4.78, 5) is 4.85. The van der Waals surface area contributed by atoms with Gasteiger partial charge in [-0.3, -0.25) is 4.99 Å². The first-order chi connectivity index (χ1) is 8.63. The largest absolute Gasteiger partial charge is 0.359 e. The summed E-state index contributed by atoms with van der Waals surface area (Å²) < 4.78 is 0. The van der Waals surface area contributed by atoms with E-state index in [1.807, 2.05) is 11.8 Å². The fourth-order valence-electron chi connectivity index (χ4n) is 2.92. The van der Waals surface area contributed by atoms with Crippen LogP contribution in [0.2, 0.25) is 0 Å². The van der Waals surface area contributed by atoms with Crippen molar-refractivity contribution in [3.8, 4) is 0 Å². The number of hydrogen-bond donors (Lipinski definition) is 1. The number of amidine groups is 1. The number of aliphatic imine (C=N–C) groups is 1. The molecule has 1 heterocycles. The minimum Gasteiger partial charge on any atom is -0.359 e. The molecule has 3 heteroatoms. The molecule has 0 radical (unpaired) electrons. The predicted octanol–water partition coefficient (Wildman–Crippen LogP) is 4.21. The topological polar surface area (TPSA) is 24.4 Å². The van der Waals surface area contributed by atoms with E-state index in [0.29, 0.717) is 11.6 Å². The van der Waals surface area contributed by atoms with Crippen LogP contribution in [0.15, 0.2) is 4.99 Å². The molecule has 1 spiro atoms. The molecule has 1 saturated carbocycles. The quantitative estimate of drug-likeness (QED) is 0.826. The average molecular weight is 268 g/mol. The van der Waals surface area contributed by atoms with E-state index in [9.17, 15) is 0 Å². The van der Waals surface area contributed by atoms with Gasteiger partial charge in [-0.2, -0.15) is 0 Å². The van der Waals surface area contributed by atoms with E-state index in [1.54, 1.807) is 0 Å². The van der Waals surface area contributed by atoms with Gasteiger partial charge in [-0.15, -0.1) is 0 Å². The van der Waals surface area contributed by atoms with Gasteiger partial charge in [0.2, 0.25) is 0 Å². The molecular formula is C15H28N2S. The minimum atomic E-state index is 0.389. The Bertz CT molecular complexity index is 293. The highest BCUT2D eigenvalue weighted by Crippen LogP contribution is 2.38. The smallest absolute Gasteiger partial charge is 0.157 e. The number of nitrogens with zero attached hydrogens (tertiary/aromatic N) is 1. The van der Waals surface area contributed by atoms with E-state index in [4.69, 9.17) is 4.99 Å². The number of hydrogen-bond acceptors (Lipinski definition) is 2. The maximum atomic E-state index is 4.85. The Labute approximate surface area is 116 Å². The van der Waals surface area contributed by atoms with Gasteiger partial charge in [0.05, 0.1) is 0 Å². The van der Waals surface area contributed by atoms with Crippen molar-refractivity contribution in [3.05, 3.63) is 0 Å². The summed E-state index contributed by atoms with van der Waals surface area (Å²) in [6.07, 6.45) is 9.24. The third kappa shape index (κ3) is 3.66. The lowest BCUT2D eigenvalue weighted by atomic mass is 9.78. The van der Waals surface area contributed by atoms with Gasteiger partial charge >= 0.3 is 0 Å². The summed E-state index contributed by atoms with van der Waals surface area (Å²) in [5.74, 6) is 2.16. The zero-order valence-electron chi connectivity index (χ0n) is 12.2. The van der Waals surface area contributed by atoms with Crippen LogP contribution in [0.4, 0.5) is 0 Å². The second-order valence-corrected chi connectivity index (χ2v) is 7.27. The van der Waals surface area contributed by atoms with Crippen LogP contribution in [-0.2, 0) is 0 Å². The van der Waals surface area contributed by atoms with Crippen molar-refractivity contribution in [3.63, 3.8) is 0 Å². The Morgan fingerprint density at radius 2 is 2.17 bits per heavy atom. The van der Waals surface area contributed by atoms with Gasteiger partial charge in [0.25, 0.3) is 0 Å². The van der Waals surface area contributed by atoms with Gasteiger partial charge in [-0.25, -0.2) is 0 Å². The Morgan fingerprint density at radius 3 is 2.83 bits per heavy atom. The SMILES string of the molecule is CCCCC(C)N=C1NC2(CCC(C)CC2)CS1. The van der Waals surface area contributed by atoms with Crippen molar-refractivity contribution in [2.75, 3.05) is 5.75 Å². The lowest BCUT2D eigenvalue weighted by Crippen LogP contribution is -2.46. The normalized spacial score (nSPS) is 35.9. The van der Waals surface area contributed by atoms with Crippen LogP contribution < -0.4 is 5.32 Å². The van der Waals surface area contributed by atoms with Crippen LogP contribution in [0.5, 0.6) is 0 Å². The fourth-order valence-corrected chi connectivity index (χ4v) is 4.24. The van der Waals surface area contributed by atoms with E-state index in [0.717, 1.165) is 5.92 Å². The molecule has 18 heavy (non-hydrogen) atoms. The molecule has 1 saturated heterocycles. The molecule has 0 amide bonds. The highest BCUT2D eigenvalue weighted by atomic mass is 32.2. The predicted molar refractivity (Wildman–Crippen MR) is 82.4 cm³/mol. The van der Waals surface area contributed by atoms with Crippen LogP contribution >= 0.6 is 11.8 Å². The molecule has 1 atom stereocenters. The molecule has 1 aliphatic heterocycles. The summed E-state index contributed by atoms with van der Waals surface area (Å²) in [7, 11) is 0. The van der Waals surface area contributed by atoms with Crippen molar-refractivity contribution >= 4 is 16.9 Å². The molecule has 2 fully saturated rings. The first-order valence-electron chi connectivity index (χ1n) is 7.62. The third-order valence-electron chi connectivity index (χ3n) is 4.40. The summed E-state index contributed by atoms with van der Waals surface area (Å²) in [6.45, 7) is 6.89. The average Bonchev–Trinajstić information content (AvgIpc) is 2.74. The Balaban J connectivity index is 1.85. The minimum absolute atomic E-state index is 0.389. The lowest BCUT2D eigenvalue weighted by molar-refractivity contribution is 0.250. The molecule has 104 valence electrons. The lowest BCUT2D eigenvalue weighted by Gasteiger charge is -2.35. The van der Waals surface area contributed by atoms with E-state index in [1.165, 1.54) is 55.9 Å². The highest BCUT2D eigenvalue weighted by molar-refractivity contribution is 8.14. The van der Waals surface area contributed by atoms with Crippen molar-refractivity contribution in [1.29, 1.82) is 0 Å². The second kappa shape index (κ2) is 6.31. The molecule has 1 N–H and O–H groups in total. The van der Waals surface area contributed by atoms with Crippen molar-refractivity contribution in [2.45, 2.75) is 77.3 Å². The van der Waals surface area contributed by atoms with Crippen LogP contribution in [0.3, 0.4) is 0 Å². The Kier molecular flexibility index (Phi) is 4.99. The number of rotatable bonds is 4. The van der Waals surface area contributed by atoms with Crippen molar-refractivity contribution in [2.24, 2.45) is 10.9 Å². The zero-order valence-corrected chi connectivity index (χ0v) is 13.0. The Morgan fingerprint density at radius 1 is 1.44 bits per heavy atom. The number of unbranched alkanes of at least 4 members (excludes halogenated alkanes) is 1. The highest BCUT2D eigenvalue weighted by Gasteiger charge is 2.39. The molecule has 2 nitrogen and oxygen atoms in total. The zero-order chi connectivity index (χ0) is 13.0. The summed E-state index contributed by atoms with van der Waals surface area (Å²) >= 11 is 1.95. The Hall–Kier alpha value is -0.180. The summed E-state index contributed by atoms with van der Waals surface area (Å²) in [5.41, 5.74) is 0.389. The monoisotopic (exact) mass is 268 g/mol. The molecule has 0 bridgehead atoms. The molecule has 2 rings (SSSR count).